The van der Waals surface area contributed by atoms with Gasteiger partial charge in [0.2, 0.25) is 11.8 Å². The van der Waals surface area contributed by atoms with Crippen LogP contribution in [0.3, 0.4) is 0 Å². The summed E-state index contributed by atoms with van der Waals surface area (Å²) in [5.74, 6) is -1.01. The van der Waals surface area contributed by atoms with Crippen molar-refractivity contribution in [1.82, 2.24) is 5.43 Å². The lowest BCUT2D eigenvalue weighted by Crippen LogP contribution is -2.23. The van der Waals surface area contributed by atoms with E-state index in [1.165, 1.54) is 6.92 Å². The Kier molecular flexibility index (Phi) is 7.69. The van der Waals surface area contributed by atoms with E-state index in [0.29, 0.717) is 15.9 Å². The number of carbonyl (C=O) groups is 2. The Bertz CT molecular complexity index is 1040. The highest BCUT2D eigenvalue weighted by Crippen LogP contribution is 2.25. The Hall–Kier alpha value is -3.67. The van der Waals surface area contributed by atoms with Crippen molar-refractivity contribution in [3.05, 3.63) is 72.7 Å². The van der Waals surface area contributed by atoms with Crippen LogP contribution in [0.15, 0.2) is 52.0 Å². The van der Waals surface area contributed by atoms with E-state index in [1.807, 2.05) is 0 Å². The summed E-state index contributed by atoms with van der Waals surface area (Å²) in [5, 5.41) is 28.4. The molecule has 2 N–H and O–H groups in total. The normalized spacial score (nSPS) is 10.9. The quantitative estimate of drug-likeness (QED) is 0.337. The number of hydrogen-bond acceptors (Lipinski definition) is 7. The maximum Gasteiger partial charge on any atom is 0.279 e. The molecule has 0 heterocycles. The second-order valence-corrected chi connectivity index (χ2v) is 6.95. The molecule has 2 aromatic carbocycles. The maximum absolute atomic E-state index is 12.1. The zero-order chi connectivity index (χ0) is 22.3. The number of nitro benzene ring substituents is 2. The summed E-state index contributed by atoms with van der Waals surface area (Å²) in [7, 11) is 0. The van der Waals surface area contributed by atoms with Crippen LogP contribution in [0.1, 0.15) is 18.9 Å². The summed E-state index contributed by atoms with van der Waals surface area (Å²) >= 11 is 3.31. The van der Waals surface area contributed by atoms with Crippen molar-refractivity contribution in [2.75, 3.05) is 5.32 Å². The molecule has 156 valence electrons. The minimum Gasteiger partial charge on any atom is -0.325 e. The molecular weight excluding hydrogens is 462 g/mol. The van der Waals surface area contributed by atoms with Crippen molar-refractivity contribution in [2.24, 2.45) is 5.10 Å². The molecule has 0 radical (unpaired) electrons. The van der Waals surface area contributed by atoms with Gasteiger partial charge in [-0.1, -0.05) is 12.1 Å². The van der Waals surface area contributed by atoms with Crippen molar-refractivity contribution in [3.63, 3.8) is 0 Å². The van der Waals surface area contributed by atoms with E-state index in [1.54, 1.807) is 24.3 Å². The number of hydrazone groups is 1. The van der Waals surface area contributed by atoms with Gasteiger partial charge >= 0.3 is 0 Å². The van der Waals surface area contributed by atoms with Crippen molar-refractivity contribution in [2.45, 2.75) is 19.8 Å². The number of nitrogens with one attached hydrogen (secondary N) is 2. The van der Waals surface area contributed by atoms with Gasteiger partial charge in [-0.25, -0.2) is 5.43 Å². The zero-order valence-corrected chi connectivity index (χ0v) is 17.2. The summed E-state index contributed by atoms with van der Waals surface area (Å²) in [4.78, 5) is 44.4. The van der Waals surface area contributed by atoms with E-state index in [-0.39, 0.29) is 17.9 Å². The molecule has 0 bridgehead atoms. The number of hydrogen-bond donors (Lipinski definition) is 2. The number of nitro groups is 2. The zero-order valence-electron chi connectivity index (χ0n) is 15.6. The lowest BCUT2D eigenvalue weighted by Gasteiger charge is -2.07. The van der Waals surface area contributed by atoms with Crippen LogP contribution in [-0.4, -0.2) is 27.4 Å². The monoisotopic (exact) mass is 477 g/mol. The van der Waals surface area contributed by atoms with Gasteiger partial charge in [0.05, 0.1) is 34.4 Å². The number of para-hydroxylation sites is 1. The number of non-ortho nitro benzene ring substituents is 1. The fourth-order valence-electron chi connectivity index (χ4n) is 2.38. The van der Waals surface area contributed by atoms with E-state index in [9.17, 15) is 29.8 Å². The Morgan fingerprint density at radius 3 is 2.40 bits per heavy atom. The number of halogens is 1. The Morgan fingerprint density at radius 2 is 1.77 bits per heavy atom. The molecule has 2 rings (SSSR count). The Labute approximate surface area is 178 Å². The van der Waals surface area contributed by atoms with Crippen LogP contribution in [0.4, 0.5) is 17.1 Å². The van der Waals surface area contributed by atoms with Gasteiger partial charge in [0.1, 0.15) is 0 Å². The predicted octanol–water partition coefficient (Wildman–Crippen LogP) is 3.33. The van der Waals surface area contributed by atoms with E-state index in [4.69, 9.17) is 0 Å². The first-order valence-electron chi connectivity index (χ1n) is 8.45. The van der Waals surface area contributed by atoms with E-state index >= 15 is 0 Å². The summed E-state index contributed by atoms with van der Waals surface area (Å²) in [5.41, 5.74) is 2.14. The number of anilines is 1. The highest BCUT2D eigenvalue weighted by Gasteiger charge is 2.21. The molecule has 0 aliphatic carbocycles. The van der Waals surface area contributed by atoms with Gasteiger partial charge in [-0.05, 0) is 41.1 Å². The van der Waals surface area contributed by atoms with Crippen molar-refractivity contribution in [1.29, 1.82) is 0 Å². The topological polar surface area (TPSA) is 157 Å². The highest BCUT2D eigenvalue weighted by molar-refractivity contribution is 9.10. The van der Waals surface area contributed by atoms with Crippen LogP contribution in [-0.2, 0) is 16.0 Å². The highest BCUT2D eigenvalue weighted by atomic mass is 79.9. The molecule has 2 aromatic rings. The predicted molar refractivity (Wildman–Crippen MR) is 112 cm³/mol. The molecule has 0 saturated carbocycles. The fraction of sp³-hybridized carbons (Fsp3) is 0.167. The van der Waals surface area contributed by atoms with Crippen molar-refractivity contribution in [3.8, 4) is 0 Å². The van der Waals surface area contributed by atoms with Gasteiger partial charge in [-0.2, -0.15) is 5.10 Å². The number of amides is 2. The van der Waals surface area contributed by atoms with Crippen LogP contribution in [0.25, 0.3) is 0 Å². The van der Waals surface area contributed by atoms with Gasteiger partial charge in [-0.15, -0.1) is 0 Å². The number of nitrogens with zero attached hydrogens (tertiary/aromatic N) is 3. The molecule has 30 heavy (non-hydrogen) atoms. The lowest BCUT2D eigenvalue weighted by molar-refractivity contribution is -0.394. The number of benzene rings is 2. The first kappa shape index (κ1) is 22.6. The summed E-state index contributed by atoms with van der Waals surface area (Å²) in [6.45, 7) is 1.54. The average Bonchev–Trinajstić information content (AvgIpc) is 2.68. The van der Waals surface area contributed by atoms with Crippen LogP contribution >= 0.6 is 15.9 Å². The van der Waals surface area contributed by atoms with Crippen LogP contribution in [0, 0.1) is 20.2 Å². The first-order valence-corrected chi connectivity index (χ1v) is 9.24. The molecular formula is C18H16BrN5O6. The van der Waals surface area contributed by atoms with E-state index in [0.717, 1.165) is 18.2 Å². The maximum atomic E-state index is 12.1. The largest absolute Gasteiger partial charge is 0.325 e. The number of carbonyl (C=O) groups excluding carboxylic acids is 2. The first-order chi connectivity index (χ1) is 14.2. The third kappa shape index (κ3) is 6.44. The third-order valence-corrected chi connectivity index (χ3v) is 4.45. The molecule has 0 atom stereocenters. The molecule has 0 aliphatic rings. The van der Waals surface area contributed by atoms with Gasteiger partial charge in [0, 0.05) is 21.8 Å². The fourth-order valence-corrected chi connectivity index (χ4v) is 2.77. The van der Waals surface area contributed by atoms with Crippen LogP contribution in [0.5, 0.6) is 0 Å². The molecule has 11 nitrogen and oxygen atoms in total. The van der Waals surface area contributed by atoms with Gasteiger partial charge in [0.25, 0.3) is 11.4 Å². The average molecular weight is 478 g/mol. The van der Waals surface area contributed by atoms with Crippen LogP contribution in [0.2, 0.25) is 0 Å². The SMILES string of the molecule is CC(CC(=O)Nc1ccccc1Br)=NNC(=O)Cc1ccc([N+](=O)[O-])cc1[N+](=O)[O-]. The standard InChI is InChI=1S/C18H16BrN5O6/c1-11(8-17(25)20-15-5-3-2-4-14(15)19)21-22-18(26)9-12-6-7-13(23(27)28)10-16(12)24(29)30/h2-7,10H,8-9H2,1H3,(H,20,25)(H,22,26). The molecule has 0 aromatic heterocycles. The van der Waals surface area contributed by atoms with Crippen molar-refractivity contribution >= 4 is 50.5 Å². The van der Waals surface area contributed by atoms with E-state index in [2.05, 4.69) is 31.8 Å². The summed E-state index contributed by atoms with van der Waals surface area (Å²) in [6, 6.07) is 10.1. The second-order valence-electron chi connectivity index (χ2n) is 6.09. The lowest BCUT2D eigenvalue weighted by atomic mass is 10.1. The molecule has 12 heteroatoms. The van der Waals surface area contributed by atoms with Gasteiger partial charge in [-0.3, -0.25) is 29.8 Å². The van der Waals surface area contributed by atoms with E-state index < -0.39 is 33.5 Å². The summed E-state index contributed by atoms with van der Waals surface area (Å²) < 4.78 is 0.714. The second kappa shape index (κ2) is 10.2. The number of rotatable bonds is 8. The molecule has 0 aliphatic heterocycles. The minimum absolute atomic E-state index is 0.00243. The summed E-state index contributed by atoms with van der Waals surface area (Å²) in [6.07, 6.45) is -0.493. The smallest absolute Gasteiger partial charge is 0.279 e. The van der Waals surface area contributed by atoms with Gasteiger partial charge < -0.3 is 5.32 Å². The molecule has 0 unspecified atom stereocenters. The third-order valence-electron chi connectivity index (χ3n) is 3.76. The molecule has 2 amide bonds. The molecule has 0 spiro atoms. The van der Waals surface area contributed by atoms with Crippen molar-refractivity contribution < 1.29 is 19.4 Å². The van der Waals surface area contributed by atoms with Gasteiger partial charge in [0.15, 0.2) is 0 Å². The minimum atomic E-state index is -0.795. The van der Waals surface area contributed by atoms with Crippen LogP contribution < -0.4 is 10.7 Å². The molecule has 0 fully saturated rings. The Morgan fingerprint density at radius 1 is 1.07 bits per heavy atom. The Balaban J connectivity index is 1.97. The molecule has 0 saturated heterocycles.